The zero-order valence-corrected chi connectivity index (χ0v) is 10.4. The van der Waals surface area contributed by atoms with Crippen LogP contribution in [0.1, 0.15) is 24.1 Å². The Hall–Kier alpha value is -2.03. The van der Waals surface area contributed by atoms with Gasteiger partial charge in [-0.05, 0) is 55.3 Å². The normalized spacial score (nSPS) is 12.2. The molecule has 0 aliphatic heterocycles. The minimum atomic E-state index is -0.196. The molecule has 94 valence electrons. The molecule has 0 saturated carbocycles. The molecular weight excluding hydrogens is 229 g/mol. The second kappa shape index (κ2) is 5.08. The van der Waals surface area contributed by atoms with Crippen LogP contribution in [0, 0.1) is 12.7 Å². The van der Waals surface area contributed by atoms with Crippen molar-refractivity contribution < 1.29 is 9.50 Å². The van der Waals surface area contributed by atoms with Crippen molar-refractivity contribution in [2.75, 3.05) is 5.32 Å². The maximum Gasteiger partial charge on any atom is 0.126 e. The Morgan fingerprint density at radius 1 is 1.11 bits per heavy atom. The van der Waals surface area contributed by atoms with Crippen molar-refractivity contribution in [1.82, 2.24) is 0 Å². The molecule has 0 aliphatic carbocycles. The van der Waals surface area contributed by atoms with Gasteiger partial charge >= 0.3 is 0 Å². The first-order valence-corrected chi connectivity index (χ1v) is 5.88. The van der Waals surface area contributed by atoms with E-state index in [1.165, 1.54) is 6.07 Å². The van der Waals surface area contributed by atoms with E-state index in [1.54, 1.807) is 31.2 Å². The predicted octanol–water partition coefficient (Wildman–Crippen LogP) is 4.01. The van der Waals surface area contributed by atoms with E-state index < -0.39 is 0 Å². The lowest BCUT2D eigenvalue weighted by atomic mass is 10.1. The first-order valence-electron chi connectivity index (χ1n) is 5.88. The lowest BCUT2D eigenvalue weighted by molar-refractivity contribution is 0.475. The number of phenolic OH excluding ortho intramolecular Hbond substituents is 1. The zero-order chi connectivity index (χ0) is 13.1. The third-order valence-corrected chi connectivity index (χ3v) is 2.93. The summed E-state index contributed by atoms with van der Waals surface area (Å²) in [7, 11) is 0. The summed E-state index contributed by atoms with van der Waals surface area (Å²) in [4.78, 5) is 0. The molecule has 0 aliphatic rings. The SMILES string of the molecule is Cc1cc(NC(C)c2ccc(O)cc2)ccc1F. The van der Waals surface area contributed by atoms with Crippen molar-refractivity contribution in [3.63, 3.8) is 0 Å². The standard InChI is InChI=1S/C15H16FNO/c1-10-9-13(5-8-15(10)16)17-11(2)12-3-6-14(18)7-4-12/h3-9,11,17-18H,1-2H3. The average Bonchev–Trinajstić information content (AvgIpc) is 2.34. The highest BCUT2D eigenvalue weighted by atomic mass is 19.1. The van der Waals surface area contributed by atoms with Gasteiger partial charge in [-0.1, -0.05) is 12.1 Å². The number of hydrogen-bond donors (Lipinski definition) is 2. The van der Waals surface area contributed by atoms with Crippen molar-refractivity contribution in [2.45, 2.75) is 19.9 Å². The first kappa shape index (κ1) is 12.4. The monoisotopic (exact) mass is 245 g/mol. The van der Waals surface area contributed by atoms with Gasteiger partial charge in [0, 0.05) is 11.7 Å². The zero-order valence-electron chi connectivity index (χ0n) is 10.4. The largest absolute Gasteiger partial charge is 0.508 e. The van der Waals surface area contributed by atoms with Crippen LogP contribution in [-0.2, 0) is 0 Å². The van der Waals surface area contributed by atoms with E-state index in [2.05, 4.69) is 5.32 Å². The van der Waals surface area contributed by atoms with Gasteiger partial charge in [0.05, 0.1) is 0 Å². The number of anilines is 1. The maximum atomic E-state index is 13.1. The van der Waals surface area contributed by atoms with Crippen LogP contribution in [0.25, 0.3) is 0 Å². The first-order chi connectivity index (χ1) is 8.56. The summed E-state index contributed by atoms with van der Waals surface area (Å²) < 4.78 is 13.1. The molecule has 18 heavy (non-hydrogen) atoms. The van der Waals surface area contributed by atoms with Crippen LogP contribution in [0.4, 0.5) is 10.1 Å². The molecule has 0 spiro atoms. The fourth-order valence-electron chi connectivity index (χ4n) is 1.83. The van der Waals surface area contributed by atoms with Crippen LogP contribution < -0.4 is 5.32 Å². The molecule has 0 aromatic heterocycles. The minimum Gasteiger partial charge on any atom is -0.508 e. The van der Waals surface area contributed by atoms with Crippen LogP contribution in [0.3, 0.4) is 0 Å². The topological polar surface area (TPSA) is 32.3 Å². The highest BCUT2D eigenvalue weighted by Gasteiger charge is 2.06. The third kappa shape index (κ3) is 2.80. The smallest absolute Gasteiger partial charge is 0.126 e. The molecule has 2 N–H and O–H groups in total. The molecule has 2 nitrogen and oxygen atoms in total. The molecule has 2 rings (SSSR count). The second-order valence-corrected chi connectivity index (χ2v) is 4.42. The molecule has 0 heterocycles. The quantitative estimate of drug-likeness (QED) is 0.856. The molecule has 0 radical (unpaired) electrons. The molecule has 3 heteroatoms. The van der Waals surface area contributed by atoms with Crippen molar-refractivity contribution in [3.05, 3.63) is 59.4 Å². The molecule has 0 saturated heterocycles. The number of phenols is 1. The van der Waals surface area contributed by atoms with Crippen LogP contribution in [-0.4, -0.2) is 5.11 Å². The summed E-state index contributed by atoms with van der Waals surface area (Å²) in [6, 6.07) is 12.1. The van der Waals surface area contributed by atoms with Crippen molar-refractivity contribution in [3.8, 4) is 5.75 Å². The summed E-state index contributed by atoms with van der Waals surface area (Å²) in [5.74, 6) is 0.0569. The van der Waals surface area contributed by atoms with Crippen molar-refractivity contribution in [1.29, 1.82) is 0 Å². The summed E-state index contributed by atoms with van der Waals surface area (Å²) >= 11 is 0. The van der Waals surface area contributed by atoms with Gasteiger partial charge in [-0.25, -0.2) is 4.39 Å². The Morgan fingerprint density at radius 2 is 1.78 bits per heavy atom. The number of rotatable bonds is 3. The molecule has 1 atom stereocenters. The van der Waals surface area contributed by atoms with Gasteiger partial charge in [0.25, 0.3) is 0 Å². The Balaban J connectivity index is 2.13. The predicted molar refractivity (Wildman–Crippen MR) is 71.3 cm³/mol. The number of nitrogens with one attached hydrogen (secondary N) is 1. The average molecular weight is 245 g/mol. The fraction of sp³-hybridized carbons (Fsp3) is 0.200. The minimum absolute atomic E-state index is 0.0930. The van der Waals surface area contributed by atoms with Crippen molar-refractivity contribution >= 4 is 5.69 Å². The summed E-state index contributed by atoms with van der Waals surface area (Å²) in [6.07, 6.45) is 0. The third-order valence-electron chi connectivity index (χ3n) is 2.93. The van der Waals surface area contributed by atoms with Crippen LogP contribution in [0.15, 0.2) is 42.5 Å². The number of aromatic hydroxyl groups is 1. The number of benzene rings is 2. The fourth-order valence-corrected chi connectivity index (χ4v) is 1.83. The molecule has 0 fully saturated rings. The van der Waals surface area contributed by atoms with E-state index in [4.69, 9.17) is 0 Å². The van der Waals surface area contributed by atoms with Gasteiger partial charge in [-0.2, -0.15) is 0 Å². The number of halogens is 1. The van der Waals surface area contributed by atoms with Crippen LogP contribution in [0.2, 0.25) is 0 Å². The van der Waals surface area contributed by atoms with E-state index in [1.807, 2.05) is 19.1 Å². The van der Waals surface area contributed by atoms with E-state index in [9.17, 15) is 9.50 Å². The summed E-state index contributed by atoms with van der Waals surface area (Å²) in [6.45, 7) is 3.76. The number of hydrogen-bond acceptors (Lipinski definition) is 2. The van der Waals surface area contributed by atoms with Gasteiger partial charge in [0.15, 0.2) is 0 Å². The number of aryl methyl sites for hydroxylation is 1. The highest BCUT2D eigenvalue weighted by molar-refractivity contribution is 5.48. The van der Waals surface area contributed by atoms with Gasteiger partial charge in [0.2, 0.25) is 0 Å². The van der Waals surface area contributed by atoms with Gasteiger partial charge in [0.1, 0.15) is 11.6 Å². The van der Waals surface area contributed by atoms with Crippen LogP contribution >= 0.6 is 0 Å². The van der Waals surface area contributed by atoms with Crippen molar-refractivity contribution in [2.24, 2.45) is 0 Å². The highest BCUT2D eigenvalue weighted by Crippen LogP contribution is 2.22. The van der Waals surface area contributed by atoms with Crippen LogP contribution in [0.5, 0.6) is 5.75 Å². The second-order valence-electron chi connectivity index (χ2n) is 4.42. The van der Waals surface area contributed by atoms with E-state index in [0.29, 0.717) is 5.56 Å². The Kier molecular flexibility index (Phi) is 3.51. The Morgan fingerprint density at radius 3 is 2.39 bits per heavy atom. The molecule has 2 aromatic carbocycles. The Labute approximate surface area is 106 Å². The van der Waals surface area contributed by atoms with Gasteiger partial charge in [-0.15, -0.1) is 0 Å². The van der Waals surface area contributed by atoms with Gasteiger partial charge in [-0.3, -0.25) is 0 Å². The van der Waals surface area contributed by atoms with E-state index >= 15 is 0 Å². The lowest BCUT2D eigenvalue weighted by Gasteiger charge is -2.16. The molecule has 0 bridgehead atoms. The maximum absolute atomic E-state index is 13.1. The lowest BCUT2D eigenvalue weighted by Crippen LogP contribution is -2.06. The molecular formula is C15H16FNO. The summed E-state index contributed by atoms with van der Waals surface area (Å²) in [5.41, 5.74) is 2.57. The molecule has 0 amide bonds. The van der Waals surface area contributed by atoms with Gasteiger partial charge < -0.3 is 10.4 Å². The Bertz CT molecular complexity index is 537. The summed E-state index contributed by atoms with van der Waals surface area (Å²) in [5, 5.41) is 12.5. The van der Waals surface area contributed by atoms with E-state index in [0.717, 1.165) is 11.3 Å². The van der Waals surface area contributed by atoms with E-state index in [-0.39, 0.29) is 17.6 Å². The molecule has 2 aromatic rings. The molecule has 1 unspecified atom stereocenters.